The quantitative estimate of drug-likeness (QED) is 0.214. The molecule has 1 nitrogen and oxygen atoms in total. The number of nitrogens with zero attached hydrogens (tertiary/aromatic N) is 1. The van der Waals surface area contributed by atoms with Gasteiger partial charge in [-0.1, -0.05) is 124 Å². The minimum absolute atomic E-state index is 0.0868. The summed E-state index contributed by atoms with van der Waals surface area (Å²) in [6, 6.07) is 44.6. The lowest BCUT2D eigenvalue weighted by molar-refractivity contribution is 0.590. The number of benzene rings is 6. The second kappa shape index (κ2) is 9.47. The van der Waals surface area contributed by atoms with Gasteiger partial charge in [-0.3, -0.25) is 4.98 Å². The molecule has 1 heteroatoms. The molecule has 7 rings (SSSR count). The highest BCUT2D eigenvalue weighted by Crippen LogP contribution is 2.44. The number of rotatable bonds is 3. The SMILES string of the molecule is CC(C)(C)c1cccc(-c2c3ccccc3c(-c3ccc4cc(-c5cccnc5)ccc4c3)c3ccccc23)c1. The molecule has 192 valence electrons. The first-order valence-corrected chi connectivity index (χ1v) is 14.0. The van der Waals surface area contributed by atoms with Gasteiger partial charge in [0.25, 0.3) is 0 Å². The molecule has 0 amide bonds. The van der Waals surface area contributed by atoms with Gasteiger partial charge in [-0.2, -0.15) is 0 Å². The highest BCUT2D eigenvalue weighted by molar-refractivity contribution is 6.21. The molecule has 6 aromatic carbocycles. The van der Waals surface area contributed by atoms with Crippen molar-refractivity contribution in [3.8, 4) is 33.4 Å². The van der Waals surface area contributed by atoms with Crippen molar-refractivity contribution in [3.63, 3.8) is 0 Å². The van der Waals surface area contributed by atoms with Crippen LogP contribution in [0.15, 0.2) is 134 Å². The maximum atomic E-state index is 4.30. The fraction of sp³-hybridized carbons (Fsp3) is 0.103. The van der Waals surface area contributed by atoms with Crippen LogP contribution >= 0.6 is 0 Å². The summed E-state index contributed by atoms with van der Waals surface area (Å²) in [5.74, 6) is 0. The van der Waals surface area contributed by atoms with Crippen LogP contribution in [0, 0.1) is 0 Å². The topological polar surface area (TPSA) is 12.9 Å². The van der Waals surface area contributed by atoms with Crippen molar-refractivity contribution in [1.82, 2.24) is 4.98 Å². The third kappa shape index (κ3) is 4.15. The van der Waals surface area contributed by atoms with Crippen LogP contribution in [0.2, 0.25) is 0 Å². The summed E-state index contributed by atoms with van der Waals surface area (Å²) in [5, 5.41) is 7.60. The average molecular weight is 514 g/mol. The Kier molecular flexibility index (Phi) is 5.75. The highest BCUT2D eigenvalue weighted by Gasteiger charge is 2.19. The van der Waals surface area contributed by atoms with E-state index in [4.69, 9.17) is 0 Å². The van der Waals surface area contributed by atoms with Crippen LogP contribution in [0.4, 0.5) is 0 Å². The molecule has 0 aliphatic rings. The van der Waals surface area contributed by atoms with E-state index in [1.165, 1.54) is 65.7 Å². The maximum absolute atomic E-state index is 4.30. The number of pyridine rings is 1. The normalized spacial score (nSPS) is 11.9. The second-order valence-electron chi connectivity index (χ2n) is 11.7. The number of aromatic nitrogens is 1. The van der Waals surface area contributed by atoms with E-state index in [2.05, 4.69) is 141 Å². The molecule has 0 radical (unpaired) electrons. The molecule has 0 aliphatic heterocycles. The number of hydrogen-bond acceptors (Lipinski definition) is 1. The van der Waals surface area contributed by atoms with Gasteiger partial charge >= 0.3 is 0 Å². The predicted octanol–water partition coefficient (Wildman–Crippen LogP) is 10.8. The Morgan fingerprint density at radius 3 is 1.52 bits per heavy atom. The standard InChI is InChI=1S/C39H31N/c1-39(2,3)32-12-8-10-29(24-32)37-33-13-4-6-15-35(33)38(36-16-7-5-14-34(36)37)30-20-19-26-22-28(18-17-27(26)23-30)31-11-9-21-40-25-31/h4-25H,1-3H3. The summed E-state index contributed by atoms with van der Waals surface area (Å²) in [6.07, 6.45) is 3.74. The molecule has 40 heavy (non-hydrogen) atoms. The molecule has 0 aliphatic carbocycles. The number of hydrogen-bond donors (Lipinski definition) is 0. The third-order valence-electron chi connectivity index (χ3n) is 8.07. The van der Waals surface area contributed by atoms with Gasteiger partial charge in [-0.25, -0.2) is 0 Å². The van der Waals surface area contributed by atoms with Crippen LogP contribution < -0.4 is 0 Å². The first-order valence-electron chi connectivity index (χ1n) is 14.0. The zero-order valence-electron chi connectivity index (χ0n) is 23.1. The van der Waals surface area contributed by atoms with E-state index < -0.39 is 0 Å². The van der Waals surface area contributed by atoms with Crippen molar-refractivity contribution in [1.29, 1.82) is 0 Å². The fourth-order valence-corrected chi connectivity index (χ4v) is 6.01. The summed E-state index contributed by atoms with van der Waals surface area (Å²) in [4.78, 5) is 4.30. The maximum Gasteiger partial charge on any atom is 0.0346 e. The Bertz CT molecular complexity index is 1970. The molecule has 0 fully saturated rings. The van der Waals surface area contributed by atoms with Crippen molar-refractivity contribution < 1.29 is 0 Å². The Morgan fingerprint density at radius 2 is 0.975 bits per heavy atom. The molecular formula is C39H31N. The smallest absolute Gasteiger partial charge is 0.0346 e. The van der Waals surface area contributed by atoms with Crippen molar-refractivity contribution in [2.45, 2.75) is 26.2 Å². The zero-order chi connectivity index (χ0) is 27.3. The highest BCUT2D eigenvalue weighted by atomic mass is 14.6. The Labute approximate surface area is 235 Å². The first kappa shape index (κ1) is 24.3. The van der Waals surface area contributed by atoms with Gasteiger partial charge in [0, 0.05) is 18.0 Å². The molecule has 0 spiro atoms. The van der Waals surface area contributed by atoms with Gasteiger partial charge in [0.1, 0.15) is 0 Å². The van der Waals surface area contributed by atoms with Gasteiger partial charge in [0.15, 0.2) is 0 Å². The molecule has 0 bridgehead atoms. The van der Waals surface area contributed by atoms with Gasteiger partial charge in [-0.05, 0) is 89.3 Å². The van der Waals surface area contributed by atoms with E-state index in [0.717, 1.165) is 5.56 Å². The Hall–Kier alpha value is -4.75. The Balaban J connectivity index is 1.47. The summed E-state index contributed by atoms with van der Waals surface area (Å²) in [5.41, 5.74) is 8.87. The van der Waals surface area contributed by atoms with Crippen LogP contribution in [0.3, 0.4) is 0 Å². The third-order valence-corrected chi connectivity index (χ3v) is 8.07. The monoisotopic (exact) mass is 513 g/mol. The van der Waals surface area contributed by atoms with E-state index in [1.54, 1.807) is 0 Å². The van der Waals surface area contributed by atoms with Crippen molar-refractivity contribution in [2.75, 3.05) is 0 Å². The molecule has 0 saturated heterocycles. The van der Waals surface area contributed by atoms with Crippen molar-refractivity contribution in [2.24, 2.45) is 0 Å². The van der Waals surface area contributed by atoms with Gasteiger partial charge in [0.2, 0.25) is 0 Å². The van der Waals surface area contributed by atoms with Gasteiger partial charge in [0.05, 0.1) is 0 Å². The summed E-state index contributed by atoms with van der Waals surface area (Å²) < 4.78 is 0. The lowest BCUT2D eigenvalue weighted by atomic mass is 9.82. The fourth-order valence-electron chi connectivity index (χ4n) is 6.01. The van der Waals surface area contributed by atoms with Crippen LogP contribution in [0.25, 0.3) is 65.7 Å². The molecule has 0 saturated carbocycles. The Morgan fingerprint density at radius 1 is 0.450 bits per heavy atom. The molecule has 0 N–H and O–H groups in total. The van der Waals surface area contributed by atoms with Gasteiger partial charge in [-0.15, -0.1) is 0 Å². The lowest BCUT2D eigenvalue weighted by Crippen LogP contribution is -2.10. The van der Waals surface area contributed by atoms with Gasteiger partial charge < -0.3 is 0 Å². The molecule has 1 heterocycles. The first-order chi connectivity index (χ1) is 19.5. The van der Waals surface area contributed by atoms with E-state index in [-0.39, 0.29) is 5.41 Å². The molecular weight excluding hydrogens is 482 g/mol. The predicted molar refractivity (Wildman–Crippen MR) is 172 cm³/mol. The van der Waals surface area contributed by atoms with Crippen molar-refractivity contribution in [3.05, 3.63) is 139 Å². The van der Waals surface area contributed by atoms with Crippen LogP contribution in [0.1, 0.15) is 26.3 Å². The zero-order valence-corrected chi connectivity index (χ0v) is 23.1. The largest absolute Gasteiger partial charge is 0.264 e. The average Bonchev–Trinajstić information content (AvgIpc) is 2.99. The summed E-state index contributed by atoms with van der Waals surface area (Å²) in [6.45, 7) is 6.85. The summed E-state index contributed by atoms with van der Waals surface area (Å²) >= 11 is 0. The van der Waals surface area contributed by atoms with E-state index in [1.807, 2.05) is 18.5 Å². The minimum atomic E-state index is 0.0868. The number of fused-ring (bicyclic) bond motifs is 3. The molecule has 0 atom stereocenters. The molecule has 0 unspecified atom stereocenters. The van der Waals surface area contributed by atoms with Crippen molar-refractivity contribution >= 4 is 32.3 Å². The van der Waals surface area contributed by atoms with Crippen LogP contribution in [-0.4, -0.2) is 4.98 Å². The lowest BCUT2D eigenvalue weighted by Gasteiger charge is -2.22. The van der Waals surface area contributed by atoms with E-state index in [9.17, 15) is 0 Å². The van der Waals surface area contributed by atoms with E-state index >= 15 is 0 Å². The van der Waals surface area contributed by atoms with Crippen LogP contribution in [-0.2, 0) is 5.41 Å². The molecule has 7 aromatic rings. The van der Waals surface area contributed by atoms with E-state index in [0.29, 0.717) is 0 Å². The second-order valence-corrected chi connectivity index (χ2v) is 11.7. The van der Waals surface area contributed by atoms with Crippen LogP contribution in [0.5, 0.6) is 0 Å². The summed E-state index contributed by atoms with van der Waals surface area (Å²) in [7, 11) is 0. The minimum Gasteiger partial charge on any atom is -0.264 e. The molecule has 1 aromatic heterocycles.